The Kier molecular flexibility index (Phi) is 5.41. The first-order valence-electron chi connectivity index (χ1n) is 11.1. The van der Waals surface area contributed by atoms with Crippen LogP contribution in [0.15, 0.2) is 16.8 Å². The summed E-state index contributed by atoms with van der Waals surface area (Å²) in [6.45, 7) is 6.11. The second kappa shape index (κ2) is 8.34. The average molecular weight is 412 g/mol. The minimum absolute atomic E-state index is 0.150. The van der Waals surface area contributed by atoms with Crippen molar-refractivity contribution < 1.29 is 14.1 Å². The molecule has 30 heavy (non-hydrogen) atoms. The molecule has 0 spiro atoms. The predicted octanol–water partition coefficient (Wildman–Crippen LogP) is 2.93. The first kappa shape index (κ1) is 19.5. The molecule has 3 saturated heterocycles. The van der Waals surface area contributed by atoms with Crippen molar-refractivity contribution in [3.8, 4) is 11.3 Å². The fourth-order valence-electron chi connectivity index (χ4n) is 4.80. The van der Waals surface area contributed by atoms with Crippen molar-refractivity contribution in [2.45, 2.75) is 57.5 Å². The Morgan fingerprint density at radius 1 is 1.10 bits per heavy atom. The molecule has 8 heteroatoms. The lowest BCUT2D eigenvalue weighted by atomic mass is 9.90. The molecule has 5 heterocycles. The summed E-state index contributed by atoms with van der Waals surface area (Å²) in [6.07, 6.45) is 7.61. The van der Waals surface area contributed by atoms with Gasteiger partial charge in [0.1, 0.15) is 6.10 Å². The van der Waals surface area contributed by atoms with Crippen molar-refractivity contribution in [2.24, 2.45) is 0 Å². The lowest BCUT2D eigenvalue weighted by molar-refractivity contribution is -0.142. The monoisotopic (exact) mass is 411 g/mol. The van der Waals surface area contributed by atoms with Crippen LogP contribution in [0.2, 0.25) is 0 Å². The SMILES string of the molecule is Cc1cc(-c2cnc(N3CCCC3)nc2C2CCN(C(=O)[C@H]3CCCO3)CC2)on1. The van der Waals surface area contributed by atoms with Gasteiger partial charge in [0.2, 0.25) is 5.95 Å². The number of ether oxygens (including phenoxy) is 1. The van der Waals surface area contributed by atoms with Crippen LogP contribution in [0.4, 0.5) is 5.95 Å². The third kappa shape index (κ3) is 3.80. The molecule has 160 valence electrons. The topological polar surface area (TPSA) is 84.6 Å². The molecule has 3 aliphatic rings. The number of anilines is 1. The van der Waals surface area contributed by atoms with Gasteiger partial charge in [-0.05, 0) is 45.4 Å². The Morgan fingerprint density at radius 2 is 1.90 bits per heavy atom. The van der Waals surface area contributed by atoms with Crippen molar-refractivity contribution in [3.05, 3.63) is 23.7 Å². The fraction of sp³-hybridized carbons (Fsp3) is 0.636. The number of hydrogen-bond acceptors (Lipinski definition) is 7. The van der Waals surface area contributed by atoms with Crippen molar-refractivity contribution in [3.63, 3.8) is 0 Å². The Labute approximate surface area is 176 Å². The zero-order valence-corrected chi connectivity index (χ0v) is 17.5. The van der Waals surface area contributed by atoms with Crippen molar-refractivity contribution in [1.82, 2.24) is 20.0 Å². The maximum absolute atomic E-state index is 12.7. The summed E-state index contributed by atoms with van der Waals surface area (Å²) in [5.41, 5.74) is 2.78. The molecule has 0 N–H and O–H groups in total. The fourth-order valence-corrected chi connectivity index (χ4v) is 4.80. The molecule has 5 rings (SSSR count). The molecule has 2 aromatic rings. The van der Waals surface area contributed by atoms with E-state index < -0.39 is 0 Å². The second-order valence-electron chi connectivity index (χ2n) is 8.60. The van der Waals surface area contributed by atoms with Gasteiger partial charge in [-0.2, -0.15) is 0 Å². The van der Waals surface area contributed by atoms with Gasteiger partial charge in [0.05, 0.1) is 17.0 Å². The highest BCUT2D eigenvalue weighted by atomic mass is 16.5. The molecule has 3 aliphatic heterocycles. The van der Waals surface area contributed by atoms with Crippen LogP contribution in [0.5, 0.6) is 0 Å². The molecule has 1 atom stereocenters. The number of piperidine rings is 1. The molecular weight excluding hydrogens is 382 g/mol. The van der Waals surface area contributed by atoms with Crippen LogP contribution < -0.4 is 4.90 Å². The molecule has 0 saturated carbocycles. The summed E-state index contributed by atoms with van der Waals surface area (Å²) in [6, 6.07) is 1.94. The van der Waals surface area contributed by atoms with E-state index in [4.69, 9.17) is 14.2 Å². The maximum atomic E-state index is 12.7. The van der Waals surface area contributed by atoms with E-state index in [1.165, 1.54) is 12.8 Å². The lowest BCUT2D eigenvalue weighted by Crippen LogP contribution is -2.43. The van der Waals surface area contributed by atoms with Gasteiger partial charge in [0.25, 0.3) is 5.91 Å². The standard InChI is InChI=1S/C22H29N5O3/c1-15-13-19(30-25-15)17-14-23-22(27-8-2-3-9-27)24-20(17)16-6-10-26(11-7-16)21(28)18-5-4-12-29-18/h13-14,16,18H,2-12H2,1H3/t18-/m1/s1. The molecule has 0 radical (unpaired) electrons. The molecule has 0 bridgehead atoms. The molecule has 8 nitrogen and oxygen atoms in total. The van der Waals surface area contributed by atoms with Crippen LogP contribution in [0.3, 0.4) is 0 Å². The highest BCUT2D eigenvalue weighted by Gasteiger charge is 2.33. The van der Waals surface area contributed by atoms with Crippen molar-refractivity contribution in [1.29, 1.82) is 0 Å². The highest BCUT2D eigenvalue weighted by molar-refractivity contribution is 5.81. The van der Waals surface area contributed by atoms with Gasteiger partial charge in [-0.3, -0.25) is 4.79 Å². The Balaban J connectivity index is 1.38. The summed E-state index contributed by atoms with van der Waals surface area (Å²) in [7, 11) is 0. The minimum atomic E-state index is -0.241. The van der Waals surface area contributed by atoms with E-state index in [1.807, 2.05) is 24.1 Å². The quantitative estimate of drug-likeness (QED) is 0.765. The number of hydrogen-bond donors (Lipinski definition) is 0. The zero-order valence-electron chi connectivity index (χ0n) is 17.5. The number of aryl methyl sites for hydroxylation is 1. The first-order chi connectivity index (χ1) is 14.7. The predicted molar refractivity (Wildman–Crippen MR) is 111 cm³/mol. The van der Waals surface area contributed by atoms with Gasteiger partial charge in [0.15, 0.2) is 5.76 Å². The number of likely N-dealkylation sites (tertiary alicyclic amines) is 1. The number of aromatic nitrogens is 3. The normalized spacial score (nSPS) is 22.8. The van der Waals surface area contributed by atoms with Crippen molar-refractivity contribution in [2.75, 3.05) is 37.7 Å². The summed E-state index contributed by atoms with van der Waals surface area (Å²) in [4.78, 5) is 26.6. The zero-order chi connectivity index (χ0) is 20.5. The van der Waals surface area contributed by atoms with Gasteiger partial charge < -0.3 is 19.1 Å². The lowest BCUT2D eigenvalue weighted by Gasteiger charge is -2.33. The molecule has 1 amide bonds. The van der Waals surface area contributed by atoms with Crippen molar-refractivity contribution >= 4 is 11.9 Å². The van der Waals surface area contributed by atoms with Crippen LogP contribution in [-0.2, 0) is 9.53 Å². The van der Waals surface area contributed by atoms with Gasteiger partial charge in [0, 0.05) is 51.0 Å². The van der Waals surface area contributed by atoms with E-state index in [9.17, 15) is 4.79 Å². The number of nitrogens with zero attached hydrogens (tertiary/aromatic N) is 5. The Morgan fingerprint density at radius 3 is 2.57 bits per heavy atom. The minimum Gasteiger partial charge on any atom is -0.368 e. The number of carbonyl (C=O) groups excluding carboxylic acids is 1. The van der Waals surface area contributed by atoms with E-state index in [-0.39, 0.29) is 17.9 Å². The second-order valence-corrected chi connectivity index (χ2v) is 8.60. The van der Waals surface area contributed by atoms with Crippen LogP contribution in [0.25, 0.3) is 11.3 Å². The summed E-state index contributed by atoms with van der Waals surface area (Å²) in [5.74, 6) is 1.94. The highest BCUT2D eigenvalue weighted by Crippen LogP contribution is 2.36. The molecular formula is C22H29N5O3. The van der Waals surface area contributed by atoms with Gasteiger partial charge in [-0.25, -0.2) is 9.97 Å². The van der Waals surface area contributed by atoms with E-state index in [1.54, 1.807) is 0 Å². The molecule has 0 aromatic carbocycles. The van der Waals surface area contributed by atoms with E-state index in [0.717, 1.165) is 74.8 Å². The van der Waals surface area contributed by atoms with Gasteiger partial charge >= 0.3 is 0 Å². The Bertz CT molecular complexity index is 894. The molecule has 0 aliphatic carbocycles. The Hall–Kier alpha value is -2.48. The largest absolute Gasteiger partial charge is 0.368 e. The smallest absolute Gasteiger partial charge is 0.251 e. The molecule has 0 unspecified atom stereocenters. The van der Waals surface area contributed by atoms with E-state index in [2.05, 4.69) is 15.0 Å². The summed E-state index contributed by atoms with van der Waals surface area (Å²) < 4.78 is 11.1. The van der Waals surface area contributed by atoms with E-state index in [0.29, 0.717) is 12.4 Å². The first-order valence-corrected chi connectivity index (χ1v) is 11.1. The number of carbonyl (C=O) groups is 1. The third-order valence-electron chi connectivity index (χ3n) is 6.49. The van der Waals surface area contributed by atoms with Crippen LogP contribution in [0, 0.1) is 6.92 Å². The van der Waals surface area contributed by atoms with Gasteiger partial charge in [-0.15, -0.1) is 0 Å². The van der Waals surface area contributed by atoms with Crippen LogP contribution in [-0.4, -0.2) is 64.8 Å². The van der Waals surface area contributed by atoms with Crippen LogP contribution >= 0.6 is 0 Å². The third-order valence-corrected chi connectivity index (χ3v) is 6.49. The number of rotatable bonds is 4. The summed E-state index contributed by atoms with van der Waals surface area (Å²) in [5, 5.41) is 4.05. The molecule has 2 aromatic heterocycles. The summed E-state index contributed by atoms with van der Waals surface area (Å²) >= 11 is 0. The average Bonchev–Trinajstić information content (AvgIpc) is 3.56. The van der Waals surface area contributed by atoms with E-state index >= 15 is 0 Å². The number of amides is 1. The molecule has 3 fully saturated rings. The van der Waals surface area contributed by atoms with Gasteiger partial charge in [-0.1, -0.05) is 5.16 Å². The van der Waals surface area contributed by atoms with Crippen LogP contribution in [0.1, 0.15) is 55.8 Å². The maximum Gasteiger partial charge on any atom is 0.251 e.